The lowest BCUT2D eigenvalue weighted by Gasteiger charge is -2.01. The van der Waals surface area contributed by atoms with E-state index in [2.05, 4.69) is 45.8 Å². The lowest BCUT2D eigenvalue weighted by atomic mass is 10.1. The van der Waals surface area contributed by atoms with E-state index in [0.717, 1.165) is 33.5 Å². The number of rotatable bonds is 4. The van der Waals surface area contributed by atoms with E-state index < -0.39 is 0 Å². The number of aromatic nitrogens is 1. The quantitative estimate of drug-likeness (QED) is 0.398. The highest BCUT2D eigenvalue weighted by Gasteiger charge is 2.12. The molecule has 132 valence electrons. The van der Waals surface area contributed by atoms with E-state index in [0.29, 0.717) is 0 Å². The van der Waals surface area contributed by atoms with Crippen molar-refractivity contribution in [2.24, 2.45) is 5.10 Å². The summed E-state index contributed by atoms with van der Waals surface area (Å²) in [5.74, 6) is 1.51. The Balaban J connectivity index is 1.31. The Morgan fingerprint density at radius 1 is 0.963 bits per heavy atom. The van der Waals surface area contributed by atoms with Crippen LogP contribution in [-0.2, 0) is 0 Å². The molecule has 0 radical (unpaired) electrons. The van der Waals surface area contributed by atoms with Gasteiger partial charge in [0.1, 0.15) is 0 Å². The van der Waals surface area contributed by atoms with Crippen LogP contribution in [0.3, 0.4) is 0 Å². The third-order valence-corrected chi connectivity index (χ3v) is 5.07. The molecule has 1 aliphatic rings. The van der Waals surface area contributed by atoms with Gasteiger partial charge in [-0.25, -0.2) is 4.98 Å². The van der Waals surface area contributed by atoms with Gasteiger partial charge in [0, 0.05) is 10.9 Å². The third-order valence-electron chi connectivity index (χ3n) is 4.32. The van der Waals surface area contributed by atoms with Gasteiger partial charge in [0.25, 0.3) is 0 Å². The van der Waals surface area contributed by atoms with Gasteiger partial charge in [-0.05, 0) is 40.6 Å². The molecule has 1 aliphatic heterocycles. The van der Waals surface area contributed by atoms with Crippen molar-refractivity contribution in [3.05, 3.63) is 71.6 Å². The van der Waals surface area contributed by atoms with Crippen molar-refractivity contribution in [1.29, 1.82) is 0 Å². The second-order valence-electron chi connectivity index (χ2n) is 6.08. The van der Waals surface area contributed by atoms with Crippen LogP contribution in [0.5, 0.6) is 11.5 Å². The summed E-state index contributed by atoms with van der Waals surface area (Å²) in [6.07, 6.45) is 1.74. The fraction of sp³-hybridized carbons (Fsp3) is 0.0476. The third kappa shape index (κ3) is 3.22. The first-order valence-corrected chi connectivity index (χ1v) is 9.36. The topological polar surface area (TPSA) is 55.7 Å². The molecule has 2 heterocycles. The van der Waals surface area contributed by atoms with E-state index in [1.54, 1.807) is 6.21 Å². The molecule has 5 nitrogen and oxygen atoms in total. The van der Waals surface area contributed by atoms with Gasteiger partial charge in [-0.15, -0.1) is 11.3 Å². The number of ether oxygens (including phenoxy) is 2. The molecule has 0 fully saturated rings. The van der Waals surface area contributed by atoms with Crippen molar-refractivity contribution < 1.29 is 9.47 Å². The molecule has 1 N–H and O–H groups in total. The summed E-state index contributed by atoms with van der Waals surface area (Å²) in [5, 5.41) is 9.48. The van der Waals surface area contributed by atoms with Gasteiger partial charge in [-0.2, -0.15) is 5.10 Å². The maximum atomic E-state index is 5.37. The van der Waals surface area contributed by atoms with E-state index in [1.165, 1.54) is 22.1 Å². The number of benzene rings is 3. The molecular weight excluding hydrogens is 358 g/mol. The standard InChI is InChI=1S/C21H15N3O2S/c1-2-4-16-10-17(7-6-15(16)3-1)18-12-27-21(23-18)24-22-11-14-5-8-19-20(9-14)26-13-25-19/h1-12H,13H2,(H,23,24)/b22-11+. The molecule has 1 aromatic heterocycles. The first-order valence-electron chi connectivity index (χ1n) is 8.49. The van der Waals surface area contributed by atoms with Crippen LogP contribution in [0.15, 0.2) is 71.1 Å². The Morgan fingerprint density at radius 2 is 1.85 bits per heavy atom. The number of hydrogen-bond acceptors (Lipinski definition) is 6. The smallest absolute Gasteiger partial charge is 0.231 e. The van der Waals surface area contributed by atoms with Crippen LogP contribution in [0, 0.1) is 0 Å². The number of hydrogen-bond donors (Lipinski definition) is 1. The van der Waals surface area contributed by atoms with Gasteiger partial charge in [-0.3, -0.25) is 5.43 Å². The largest absolute Gasteiger partial charge is 0.454 e. The lowest BCUT2D eigenvalue weighted by Crippen LogP contribution is -1.93. The predicted octanol–water partition coefficient (Wildman–Crippen LogP) is 5.14. The average molecular weight is 373 g/mol. The van der Waals surface area contributed by atoms with E-state index in [4.69, 9.17) is 9.47 Å². The molecule has 3 aromatic carbocycles. The Hall–Kier alpha value is -3.38. The normalized spacial score (nSPS) is 12.7. The lowest BCUT2D eigenvalue weighted by molar-refractivity contribution is 0.174. The first kappa shape index (κ1) is 15.8. The first-order chi connectivity index (χ1) is 13.3. The van der Waals surface area contributed by atoms with Gasteiger partial charge < -0.3 is 9.47 Å². The molecular formula is C21H15N3O2S. The van der Waals surface area contributed by atoms with Crippen LogP contribution in [0.1, 0.15) is 5.56 Å². The highest BCUT2D eigenvalue weighted by atomic mass is 32.1. The molecule has 0 atom stereocenters. The number of anilines is 1. The zero-order valence-corrected chi connectivity index (χ0v) is 15.1. The maximum Gasteiger partial charge on any atom is 0.231 e. The summed E-state index contributed by atoms with van der Waals surface area (Å²) in [6.45, 7) is 0.269. The van der Waals surface area contributed by atoms with Crippen molar-refractivity contribution in [3.63, 3.8) is 0 Å². The molecule has 0 saturated carbocycles. The molecule has 0 amide bonds. The molecule has 0 spiro atoms. The van der Waals surface area contributed by atoms with Gasteiger partial charge in [0.15, 0.2) is 11.5 Å². The zero-order chi connectivity index (χ0) is 18.1. The number of fused-ring (bicyclic) bond motifs is 2. The molecule has 6 heteroatoms. The van der Waals surface area contributed by atoms with Gasteiger partial charge in [0.2, 0.25) is 11.9 Å². The number of thiazole rings is 1. The number of nitrogens with zero attached hydrogens (tertiary/aromatic N) is 2. The molecule has 4 aromatic rings. The Bertz CT molecular complexity index is 1150. The highest BCUT2D eigenvalue weighted by molar-refractivity contribution is 7.14. The second kappa shape index (κ2) is 6.74. The fourth-order valence-electron chi connectivity index (χ4n) is 2.96. The van der Waals surface area contributed by atoms with E-state index >= 15 is 0 Å². The van der Waals surface area contributed by atoms with Crippen molar-refractivity contribution in [3.8, 4) is 22.8 Å². The monoisotopic (exact) mass is 373 g/mol. The minimum Gasteiger partial charge on any atom is -0.454 e. The average Bonchev–Trinajstić information content (AvgIpc) is 3.37. The van der Waals surface area contributed by atoms with E-state index in [1.807, 2.05) is 35.7 Å². The zero-order valence-electron chi connectivity index (χ0n) is 14.3. The van der Waals surface area contributed by atoms with E-state index in [9.17, 15) is 0 Å². The van der Waals surface area contributed by atoms with Gasteiger partial charge in [0.05, 0.1) is 11.9 Å². The van der Waals surface area contributed by atoms with Gasteiger partial charge in [-0.1, -0.05) is 36.4 Å². The van der Waals surface area contributed by atoms with Crippen molar-refractivity contribution in [2.75, 3.05) is 12.2 Å². The minimum atomic E-state index is 0.269. The Morgan fingerprint density at radius 3 is 2.81 bits per heavy atom. The van der Waals surface area contributed by atoms with Crippen LogP contribution in [-0.4, -0.2) is 18.0 Å². The summed E-state index contributed by atoms with van der Waals surface area (Å²) in [4.78, 5) is 4.63. The van der Waals surface area contributed by atoms with Crippen molar-refractivity contribution >= 4 is 33.5 Å². The second-order valence-corrected chi connectivity index (χ2v) is 6.94. The summed E-state index contributed by atoms with van der Waals surface area (Å²) in [5.41, 5.74) is 5.95. The number of nitrogens with one attached hydrogen (secondary N) is 1. The van der Waals surface area contributed by atoms with Crippen LogP contribution < -0.4 is 14.9 Å². The summed E-state index contributed by atoms with van der Waals surface area (Å²) < 4.78 is 10.7. The van der Waals surface area contributed by atoms with Crippen LogP contribution >= 0.6 is 11.3 Å². The maximum absolute atomic E-state index is 5.37. The number of hydrazone groups is 1. The SMILES string of the molecule is C(=N\Nc1nc(-c2ccc3ccccc3c2)cs1)/c1ccc2c(c1)OCO2. The Kier molecular flexibility index (Phi) is 3.95. The van der Waals surface area contributed by atoms with Crippen LogP contribution in [0.2, 0.25) is 0 Å². The highest BCUT2D eigenvalue weighted by Crippen LogP contribution is 2.32. The fourth-order valence-corrected chi connectivity index (χ4v) is 3.63. The molecule has 0 saturated heterocycles. The van der Waals surface area contributed by atoms with Crippen LogP contribution in [0.25, 0.3) is 22.0 Å². The molecule has 0 bridgehead atoms. The van der Waals surface area contributed by atoms with Gasteiger partial charge >= 0.3 is 0 Å². The molecule has 5 rings (SSSR count). The minimum absolute atomic E-state index is 0.269. The summed E-state index contributed by atoms with van der Waals surface area (Å²) in [7, 11) is 0. The van der Waals surface area contributed by atoms with Crippen molar-refractivity contribution in [2.45, 2.75) is 0 Å². The Labute approximate surface area is 159 Å². The summed E-state index contributed by atoms with van der Waals surface area (Å²) >= 11 is 1.52. The van der Waals surface area contributed by atoms with Crippen molar-refractivity contribution in [1.82, 2.24) is 4.98 Å². The molecule has 0 unspecified atom stereocenters. The summed E-state index contributed by atoms with van der Waals surface area (Å²) in [6, 6.07) is 20.4. The molecule has 0 aliphatic carbocycles. The van der Waals surface area contributed by atoms with E-state index in [-0.39, 0.29) is 6.79 Å². The predicted molar refractivity (Wildman–Crippen MR) is 109 cm³/mol. The van der Waals surface area contributed by atoms with Crippen LogP contribution in [0.4, 0.5) is 5.13 Å². The molecule has 27 heavy (non-hydrogen) atoms.